The molecule has 1 aliphatic heterocycles. The van der Waals surface area contributed by atoms with Crippen LogP contribution in [0.1, 0.15) is 12.8 Å². The number of methoxy groups -OCH3 is 1. The van der Waals surface area contributed by atoms with Gasteiger partial charge in [0.1, 0.15) is 10.6 Å². The van der Waals surface area contributed by atoms with Crippen LogP contribution in [0.2, 0.25) is 5.02 Å². The van der Waals surface area contributed by atoms with E-state index in [9.17, 15) is 13.2 Å². The lowest BCUT2D eigenvalue weighted by atomic mass is 10.2. The summed E-state index contributed by atoms with van der Waals surface area (Å²) < 4.78 is 36.7. The van der Waals surface area contributed by atoms with Crippen molar-refractivity contribution >= 4 is 27.5 Å². The Bertz CT molecular complexity index is 689. The van der Waals surface area contributed by atoms with Gasteiger partial charge < -0.3 is 14.8 Å². The zero-order valence-electron chi connectivity index (χ0n) is 13.6. The number of amides is 1. The summed E-state index contributed by atoms with van der Waals surface area (Å²) in [7, 11) is -1.20. The Morgan fingerprint density at radius 3 is 2.88 bits per heavy atom. The Labute approximate surface area is 146 Å². The molecule has 1 aromatic carbocycles. The molecule has 0 aromatic heterocycles. The van der Waals surface area contributed by atoms with Gasteiger partial charge in [0.15, 0.2) is 0 Å². The van der Waals surface area contributed by atoms with Gasteiger partial charge in [-0.05, 0) is 31.0 Å². The normalized spacial score (nSPS) is 17.9. The van der Waals surface area contributed by atoms with Crippen LogP contribution < -0.4 is 10.1 Å². The van der Waals surface area contributed by atoms with E-state index < -0.39 is 15.9 Å². The molecule has 1 aromatic rings. The predicted octanol–water partition coefficient (Wildman–Crippen LogP) is 1.26. The molecule has 1 fully saturated rings. The first-order valence-corrected chi connectivity index (χ1v) is 9.34. The van der Waals surface area contributed by atoms with Gasteiger partial charge in [0.25, 0.3) is 0 Å². The number of ether oxygens (including phenoxy) is 2. The van der Waals surface area contributed by atoms with Gasteiger partial charge in [-0.2, -0.15) is 4.31 Å². The second kappa shape index (κ2) is 8.15. The average molecular weight is 377 g/mol. The van der Waals surface area contributed by atoms with Crippen molar-refractivity contribution in [3.8, 4) is 5.75 Å². The van der Waals surface area contributed by atoms with Crippen LogP contribution in [-0.2, 0) is 19.6 Å². The van der Waals surface area contributed by atoms with Gasteiger partial charge >= 0.3 is 0 Å². The number of hydrogen-bond acceptors (Lipinski definition) is 5. The van der Waals surface area contributed by atoms with Gasteiger partial charge in [-0.3, -0.25) is 4.79 Å². The van der Waals surface area contributed by atoms with Crippen LogP contribution in [0.15, 0.2) is 23.1 Å². The Morgan fingerprint density at radius 1 is 1.50 bits per heavy atom. The predicted molar refractivity (Wildman–Crippen MR) is 89.8 cm³/mol. The van der Waals surface area contributed by atoms with E-state index in [0.717, 1.165) is 17.1 Å². The summed E-state index contributed by atoms with van der Waals surface area (Å²) in [5, 5.41) is 2.96. The second-order valence-corrected chi connectivity index (χ2v) is 7.95. The standard InChI is InChI=1S/C15H21ClN2O5S/c1-18(10-15(19)17-9-12-4-3-7-23-12)24(20,21)14-8-11(16)5-6-13(14)22-2/h5-6,8,12H,3-4,7,9-10H2,1-2H3,(H,17,19)/t12-/m1/s1. The molecule has 0 spiro atoms. The lowest BCUT2D eigenvalue weighted by Gasteiger charge is -2.19. The third-order valence-corrected chi connectivity index (χ3v) is 5.79. The molecule has 0 saturated carbocycles. The molecule has 24 heavy (non-hydrogen) atoms. The molecular formula is C15H21ClN2O5S. The first kappa shape index (κ1) is 19.0. The van der Waals surface area contributed by atoms with Crippen molar-refractivity contribution < 1.29 is 22.7 Å². The molecule has 2 rings (SSSR count). The fourth-order valence-electron chi connectivity index (χ4n) is 2.40. The maximum Gasteiger partial charge on any atom is 0.247 e. The van der Waals surface area contributed by atoms with E-state index in [2.05, 4.69) is 5.32 Å². The molecule has 1 amide bonds. The minimum absolute atomic E-state index is 0.00360. The third-order valence-electron chi connectivity index (χ3n) is 3.73. The zero-order chi connectivity index (χ0) is 17.7. The molecule has 1 atom stereocenters. The summed E-state index contributed by atoms with van der Waals surface area (Å²) in [6, 6.07) is 4.31. The van der Waals surface area contributed by atoms with E-state index in [4.69, 9.17) is 21.1 Å². The van der Waals surface area contributed by atoms with Crippen LogP contribution in [0.3, 0.4) is 0 Å². The van der Waals surface area contributed by atoms with Gasteiger partial charge in [-0.15, -0.1) is 0 Å². The number of nitrogens with zero attached hydrogens (tertiary/aromatic N) is 1. The quantitative estimate of drug-likeness (QED) is 0.774. The van der Waals surface area contributed by atoms with Gasteiger partial charge in [0, 0.05) is 25.2 Å². The minimum Gasteiger partial charge on any atom is -0.495 e. The van der Waals surface area contributed by atoms with Crippen molar-refractivity contribution in [2.24, 2.45) is 0 Å². The molecule has 1 saturated heterocycles. The highest BCUT2D eigenvalue weighted by molar-refractivity contribution is 7.89. The molecule has 9 heteroatoms. The third kappa shape index (κ3) is 4.60. The SMILES string of the molecule is COc1ccc(Cl)cc1S(=O)(=O)N(C)CC(=O)NC[C@H]1CCCO1. The van der Waals surface area contributed by atoms with Crippen molar-refractivity contribution in [3.63, 3.8) is 0 Å². The number of halogens is 1. The minimum atomic E-state index is -3.90. The number of nitrogens with one attached hydrogen (secondary N) is 1. The van der Waals surface area contributed by atoms with Crippen LogP contribution in [0, 0.1) is 0 Å². The number of sulfonamides is 1. The number of hydrogen-bond donors (Lipinski definition) is 1. The smallest absolute Gasteiger partial charge is 0.247 e. The van der Waals surface area contributed by atoms with Crippen molar-refractivity contribution in [2.45, 2.75) is 23.8 Å². The van der Waals surface area contributed by atoms with E-state index in [1.165, 1.54) is 32.4 Å². The Morgan fingerprint density at radius 2 is 2.25 bits per heavy atom. The molecule has 0 unspecified atom stereocenters. The lowest BCUT2D eigenvalue weighted by Crippen LogP contribution is -2.40. The average Bonchev–Trinajstić information content (AvgIpc) is 3.06. The highest BCUT2D eigenvalue weighted by Crippen LogP contribution is 2.28. The van der Waals surface area contributed by atoms with E-state index in [1.807, 2.05) is 0 Å². The van der Waals surface area contributed by atoms with E-state index >= 15 is 0 Å². The molecule has 0 aliphatic carbocycles. The molecule has 1 aliphatic rings. The maximum atomic E-state index is 12.6. The van der Waals surface area contributed by atoms with Crippen molar-refractivity contribution in [1.82, 2.24) is 9.62 Å². The zero-order valence-corrected chi connectivity index (χ0v) is 15.2. The summed E-state index contributed by atoms with van der Waals surface area (Å²) in [5.74, 6) is -0.219. The van der Waals surface area contributed by atoms with Crippen molar-refractivity contribution in [3.05, 3.63) is 23.2 Å². The van der Waals surface area contributed by atoms with Crippen LogP contribution in [-0.4, -0.2) is 58.6 Å². The molecule has 7 nitrogen and oxygen atoms in total. The fourth-order valence-corrected chi connectivity index (χ4v) is 3.94. The van der Waals surface area contributed by atoms with Gasteiger partial charge in [0.05, 0.1) is 19.8 Å². The maximum absolute atomic E-state index is 12.6. The molecule has 0 radical (unpaired) electrons. The summed E-state index contributed by atoms with van der Waals surface area (Å²) >= 11 is 5.88. The monoisotopic (exact) mass is 376 g/mol. The molecule has 1 N–H and O–H groups in total. The number of rotatable bonds is 7. The van der Waals surface area contributed by atoms with E-state index in [1.54, 1.807) is 0 Å². The van der Waals surface area contributed by atoms with Gasteiger partial charge in [-0.25, -0.2) is 8.42 Å². The first-order chi connectivity index (χ1) is 11.3. The Hall–Kier alpha value is -1.35. The largest absolute Gasteiger partial charge is 0.495 e. The Balaban J connectivity index is 2.03. The fraction of sp³-hybridized carbons (Fsp3) is 0.533. The molecule has 0 bridgehead atoms. The van der Waals surface area contributed by atoms with Gasteiger partial charge in [0.2, 0.25) is 15.9 Å². The van der Waals surface area contributed by atoms with E-state index in [0.29, 0.717) is 13.2 Å². The first-order valence-electron chi connectivity index (χ1n) is 7.52. The van der Waals surface area contributed by atoms with Crippen molar-refractivity contribution in [2.75, 3.05) is 33.9 Å². The molecular weight excluding hydrogens is 356 g/mol. The van der Waals surface area contributed by atoms with Crippen LogP contribution in [0.25, 0.3) is 0 Å². The van der Waals surface area contributed by atoms with Crippen molar-refractivity contribution in [1.29, 1.82) is 0 Å². The van der Waals surface area contributed by atoms with Crippen LogP contribution in [0.5, 0.6) is 5.75 Å². The lowest BCUT2D eigenvalue weighted by molar-refractivity contribution is -0.121. The summed E-state index contributed by atoms with van der Waals surface area (Å²) in [6.07, 6.45) is 1.88. The summed E-state index contributed by atoms with van der Waals surface area (Å²) in [4.78, 5) is 11.9. The highest BCUT2D eigenvalue weighted by atomic mass is 35.5. The van der Waals surface area contributed by atoms with Crippen LogP contribution in [0.4, 0.5) is 0 Å². The second-order valence-electron chi connectivity index (χ2n) is 5.50. The summed E-state index contributed by atoms with van der Waals surface area (Å²) in [6.45, 7) is 0.779. The number of carbonyl (C=O) groups excluding carboxylic acids is 1. The highest BCUT2D eigenvalue weighted by Gasteiger charge is 2.27. The topological polar surface area (TPSA) is 84.9 Å². The Kier molecular flexibility index (Phi) is 6.45. The molecule has 134 valence electrons. The van der Waals surface area contributed by atoms with E-state index in [-0.39, 0.29) is 28.3 Å². The van der Waals surface area contributed by atoms with Crippen LogP contribution >= 0.6 is 11.6 Å². The van der Waals surface area contributed by atoms with Gasteiger partial charge in [-0.1, -0.05) is 11.6 Å². The number of likely N-dealkylation sites (N-methyl/N-ethyl adjacent to an activating group) is 1. The summed E-state index contributed by atoms with van der Waals surface area (Å²) in [5.41, 5.74) is 0. The number of carbonyl (C=O) groups is 1. The number of benzene rings is 1. The molecule has 1 heterocycles.